The molecule has 0 spiro atoms. The third kappa shape index (κ3) is 6.21. The molecule has 4 rings (SSSR count). The first-order chi connectivity index (χ1) is 18.4. The van der Waals surface area contributed by atoms with Gasteiger partial charge < -0.3 is 9.63 Å². The van der Waals surface area contributed by atoms with E-state index in [1.165, 1.54) is 18.2 Å². The Hall–Kier alpha value is -3.53. The molecule has 208 valence electrons. The highest BCUT2D eigenvalue weighted by atomic mass is 19.4. The Morgan fingerprint density at radius 2 is 1.97 bits per heavy atom. The van der Waals surface area contributed by atoms with Crippen molar-refractivity contribution in [1.29, 1.82) is 0 Å². The molecule has 2 aromatic rings. The summed E-state index contributed by atoms with van der Waals surface area (Å²) in [6.45, 7) is 5.49. The van der Waals surface area contributed by atoms with E-state index < -0.39 is 35.5 Å². The fraction of sp³-hybridized carbons (Fsp3) is 0.414. The van der Waals surface area contributed by atoms with Crippen LogP contribution in [0.2, 0.25) is 0 Å². The van der Waals surface area contributed by atoms with E-state index in [1.54, 1.807) is 44.0 Å². The van der Waals surface area contributed by atoms with Gasteiger partial charge in [0.1, 0.15) is 11.9 Å². The van der Waals surface area contributed by atoms with Crippen LogP contribution in [0, 0.1) is 11.7 Å². The lowest BCUT2D eigenvalue weighted by Crippen LogP contribution is -2.42. The van der Waals surface area contributed by atoms with Crippen LogP contribution in [0.1, 0.15) is 57.4 Å². The summed E-state index contributed by atoms with van der Waals surface area (Å²) < 4.78 is 62.4. The molecule has 2 aliphatic rings. The predicted octanol–water partition coefficient (Wildman–Crippen LogP) is 6.99. The van der Waals surface area contributed by atoms with Crippen molar-refractivity contribution in [2.45, 2.75) is 64.7 Å². The van der Waals surface area contributed by atoms with Crippen molar-refractivity contribution >= 4 is 5.97 Å². The van der Waals surface area contributed by atoms with Gasteiger partial charge in [-0.3, -0.25) is 9.69 Å². The highest BCUT2D eigenvalue weighted by Gasteiger charge is 2.40. The summed E-state index contributed by atoms with van der Waals surface area (Å²) in [6.07, 6.45) is 3.39. The van der Waals surface area contributed by atoms with Crippen LogP contribution in [0.3, 0.4) is 0 Å². The van der Waals surface area contributed by atoms with E-state index in [-0.39, 0.29) is 36.2 Å². The molecule has 0 aliphatic heterocycles. The van der Waals surface area contributed by atoms with Crippen LogP contribution in [0.5, 0.6) is 0 Å². The molecule has 0 saturated carbocycles. The van der Waals surface area contributed by atoms with E-state index in [0.717, 1.165) is 12.0 Å². The third-order valence-corrected chi connectivity index (χ3v) is 7.16. The van der Waals surface area contributed by atoms with Gasteiger partial charge >= 0.3 is 12.1 Å². The second-order valence-electron chi connectivity index (χ2n) is 10.4. The Morgan fingerprint density at radius 1 is 1.23 bits per heavy atom. The van der Waals surface area contributed by atoms with Gasteiger partial charge in [0, 0.05) is 23.2 Å². The molecule has 1 N–H and O–H groups in total. The number of allylic oxidation sites excluding steroid dienone is 8. The van der Waals surface area contributed by atoms with Crippen molar-refractivity contribution in [3.63, 3.8) is 0 Å². The largest absolute Gasteiger partial charge is 0.480 e. The van der Waals surface area contributed by atoms with E-state index in [2.05, 4.69) is 10.1 Å². The maximum atomic E-state index is 14.9. The normalized spacial score (nSPS) is 19.0. The van der Waals surface area contributed by atoms with Gasteiger partial charge in [-0.25, -0.2) is 4.39 Å². The van der Waals surface area contributed by atoms with E-state index >= 15 is 0 Å². The number of carboxylic acids is 1. The zero-order valence-corrected chi connectivity index (χ0v) is 22.2. The van der Waals surface area contributed by atoms with Crippen molar-refractivity contribution in [3.8, 4) is 11.4 Å². The zero-order chi connectivity index (χ0) is 28.5. The van der Waals surface area contributed by atoms with Gasteiger partial charge in [0.15, 0.2) is 0 Å². The van der Waals surface area contributed by atoms with Crippen molar-refractivity contribution in [2.24, 2.45) is 5.92 Å². The van der Waals surface area contributed by atoms with Crippen LogP contribution in [0.4, 0.5) is 17.6 Å². The maximum absolute atomic E-state index is 14.9. The summed E-state index contributed by atoms with van der Waals surface area (Å²) in [5.41, 5.74) is 1.62. The molecule has 1 aromatic heterocycles. The number of hydrogen-bond acceptors (Lipinski definition) is 5. The van der Waals surface area contributed by atoms with Gasteiger partial charge in [-0.1, -0.05) is 61.0 Å². The van der Waals surface area contributed by atoms with E-state index in [9.17, 15) is 27.5 Å². The predicted molar refractivity (Wildman–Crippen MR) is 138 cm³/mol. The Labute approximate surface area is 224 Å². The molecule has 0 fully saturated rings. The van der Waals surface area contributed by atoms with Crippen LogP contribution in [-0.4, -0.2) is 45.4 Å². The molecule has 0 radical (unpaired) electrons. The number of aliphatic carboxylic acids is 1. The molecule has 2 aliphatic carbocycles. The molecule has 10 heteroatoms. The SMILES string of the molecule is CC1=C(C2=C(C(F)(F)F)CC(c3nc(-c4ccc(CN(C)C(C(=O)O)C(C)C)c(F)c4)no3)C=C2)C=CCC1. The molecule has 1 aromatic carbocycles. The highest BCUT2D eigenvalue weighted by molar-refractivity contribution is 5.73. The smallest absolute Gasteiger partial charge is 0.413 e. The van der Waals surface area contributed by atoms with Gasteiger partial charge in [-0.2, -0.15) is 18.2 Å². The molecule has 0 amide bonds. The monoisotopic (exact) mass is 545 g/mol. The highest BCUT2D eigenvalue weighted by Crippen LogP contribution is 2.43. The minimum atomic E-state index is -4.53. The average Bonchev–Trinajstić information content (AvgIpc) is 3.35. The number of carboxylic acid groups (broad SMARTS) is 1. The van der Waals surface area contributed by atoms with Gasteiger partial charge in [0.2, 0.25) is 11.7 Å². The first kappa shape index (κ1) is 28.5. The first-order valence-corrected chi connectivity index (χ1v) is 12.8. The van der Waals surface area contributed by atoms with Crippen LogP contribution >= 0.6 is 0 Å². The molecule has 2 atom stereocenters. The number of hydrogen-bond donors (Lipinski definition) is 1. The summed E-state index contributed by atoms with van der Waals surface area (Å²) in [7, 11) is 1.62. The number of nitrogens with zero attached hydrogens (tertiary/aromatic N) is 3. The number of benzene rings is 1. The van der Waals surface area contributed by atoms with Gasteiger partial charge in [0.25, 0.3) is 0 Å². The van der Waals surface area contributed by atoms with Crippen molar-refractivity contribution in [2.75, 3.05) is 7.05 Å². The van der Waals surface area contributed by atoms with Crippen molar-refractivity contribution < 1.29 is 32.0 Å². The third-order valence-electron chi connectivity index (χ3n) is 7.16. The maximum Gasteiger partial charge on any atom is 0.413 e. The van der Waals surface area contributed by atoms with Crippen molar-refractivity contribution in [1.82, 2.24) is 15.0 Å². The minimum absolute atomic E-state index is 0.0115. The van der Waals surface area contributed by atoms with E-state index in [0.29, 0.717) is 23.1 Å². The molecule has 39 heavy (non-hydrogen) atoms. The van der Waals surface area contributed by atoms with Gasteiger partial charge in [0.05, 0.1) is 5.92 Å². The number of aromatic nitrogens is 2. The van der Waals surface area contributed by atoms with Crippen LogP contribution in [-0.2, 0) is 11.3 Å². The lowest BCUT2D eigenvalue weighted by Gasteiger charge is -2.27. The number of halogens is 4. The summed E-state index contributed by atoms with van der Waals surface area (Å²) in [5, 5.41) is 13.4. The summed E-state index contributed by atoms with van der Waals surface area (Å²) >= 11 is 0. The average molecular weight is 546 g/mol. The second kappa shape index (κ2) is 11.3. The van der Waals surface area contributed by atoms with E-state index in [4.69, 9.17) is 4.52 Å². The van der Waals surface area contributed by atoms with E-state index in [1.807, 2.05) is 13.0 Å². The lowest BCUT2D eigenvalue weighted by molar-refractivity contribution is -0.144. The number of likely N-dealkylation sites (N-methyl/N-ethyl adjacent to an activating group) is 1. The number of alkyl halides is 3. The quantitative estimate of drug-likeness (QED) is 0.361. The Kier molecular flexibility index (Phi) is 8.25. The second-order valence-corrected chi connectivity index (χ2v) is 10.4. The molecule has 6 nitrogen and oxygen atoms in total. The van der Waals surface area contributed by atoms with Crippen LogP contribution in [0.25, 0.3) is 11.4 Å². The lowest BCUT2D eigenvalue weighted by atomic mass is 9.82. The van der Waals surface area contributed by atoms with Crippen LogP contribution < -0.4 is 0 Å². The minimum Gasteiger partial charge on any atom is -0.480 e. The zero-order valence-electron chi connectivity index (χ0n) is 22.2. The first-order valence-electron chi connectivity index (χ1n) is 12.8. The molecular weight excluding hydrogens is 514 g/mol. The molecule has 0 bridgehead atoms. The Balaban J connectivity index is 1.54. The molecule has 0 saturated heterocycles. The molecular formula is C29H31F4N3O3. The number of carbonyl (C=O) groups is 1. The van der Waals surface area contributed by atoms with Gasteiger partial charge in [-0.15, -0.1) is 0 Å². The number of rotatable bonds is 8. The Bertz CT molecular complexity index is 1370. The fourth-order valence-electron chi connectivity index (χ4n) is 5.17. The summed E-state index contributed by atoms with van der Waals surface area (Å²) in [6, 6.07) is 3.52. The fourth-order valence-corrected chi connectivity index (χ4v) is 5.17. The van der Waals surface area contributed by atoms with Crippen molar-refractivity contribution in [3.05, 3.63) is 82.1 Å². The standard InChI is InChI=1S/C29H31F4N3O3/c1-16(2)25(28(37)38)36(4)15-20-10-9-18(14-24(20)30)26-34-27(39-35-26)19-11-12-22(23(13-19)29(31,32)33)21-8-6-5-7-17(21)3/h6,8-12,14,16,19,25H,5,7,13,15H2,1-4H3,(H,37,38). The molecule has 1 heterocycles. The Morgan fingerprint density at radius 3 is 2.59 bits per heavy atom. The summed E-state index contributed by atoms with van der Waals surface area (Å²) in [5.74, 6) is -2.45. The summed E-state index contributed by atoms with van der Waals surface area (Å²) in [4.78, 5) is 17.4. The van der Waals surface area contributed by atoms with Crippen LogP contribution in [0.15, 0.2) is 69.3 Å². The molecule has 2 unspecified atom stereocenters. The van der Waals surface area contributed by atoms with Gasteiger partial charge in [-0.05, 0) is 56.4 Å². The topological polar surface area (TPSA) is 79.5 Å².